The van der Waals surface area contributed by atoms with E-state index in [2.05, 4.69) is 179 Å². The van der Waals surface area contributed by atoms with Crippen molar-refractivity contribution >= 4 is 54.7 Å². The van der Waals surface area contributed by atoms with Gasteiger partial charge < -0.3 is 8.98 Å². The van der Waals surface area contributed by atoms with E-state index < -0.39 is 0 Å². The fourth-order valence-corrected chi connectivity index (χ4v) is 9.33. The van der Waals surface area contributed by atoms with Gasteiger partial charge in [-0.05, 0) is 70.8 Å². The zero-order valence-electron chi connectivity index (χ0n) is 34.9. The highest BCUT2D eigenvalue weighted by molar-refractivity contribution is 6.23. The van der Waals surface area contributed by atoms with Crippen LogP contribution < -0.4 is 0 Å². The molecule has 0 aliphatic heterocycles. The summed E-state index contributed by atoms with van der Waals surface area (Å²) < 4.78 is 10.7. The largest absolute Gasteiger partial charge is 0.436 e. The molecule has 4 heterocycles. The Kier molecular flexibility index (Phi) is 8.39. The summed E-state index contributed by atoms with van der Waals surface area (Å²) in [5.41, 5.74) is 14.2. The summed E-state index contributed by atoms with van der Waals surface area (Å²) in [6.07, 6.45) is 0. The molecule has 4 aromatic heterocycles. The Bertz CT molecular complexity index is 3870. The van der Waals surface area contributed by atoms with E-state index in [0.29, 0.717) is 23.5 Å². The van der Waals surface area contributed by atoms with Gasteiger partial charge in [-0.25, -0.2) is 9.97 Å². The number of hydrogen-bond donors (Lipinski definition) is 0. The smallest absolute Gasteiger partial charge is 0.238 e. The van der Waals surface area contributed by atoms with Crippen molar-refractivity contribution in [3.63, 3.8) is 0 Å². The van der Waals surface area contributed by atoms with Gasteiger partial charge in [0.15, 0.2) is 17.2 Å². The van der Waals surface area contributed by atoms with Gasteiger partial charge >= 0.3 is 0 Å². The summed E-state index contributed by atoms with van der Waals surface area (Å²) in [4.78, 5) is 20.5. The zero-order valence-corrected chi connectivity index (χ0v) is 34.9. The molecule has 0 saturated carbocycles. The van der Waals surface area contributed by atoms with Gasteiger partial charge in [0.1, 0.15) is 5.52 Å². The minimum Gasteiger partial charge on any atom is -0.436 e. The van der Waals surface area contributed by atoms with Crippen LogP contribution >= 0.6 is 0 Å². The maximum absolute atomic E-state index is 6.06. The molecule has 0 atom stereocenters. The first kappa shape index (κ1) is 36.7. The van der Waals surface area contributed by atoms with Crippen LogP contribution in [-0.2, 0) is 0 Å². The predicted molar refractivity (Wildman–Crippen MR) is 263 cm³/mol. The number of aromatic nitrogens is 6. The molecule has 0 aliphatic carbocycles. The van der Waals surface area contributed by atoms with Crippen LogP contribution in [0, 0.1) is 0 Å². The fourth-order valence-electron chi connectivity index (χ4n) is 9.33. The first-order chi connectivity index (χ1) is 32.2. The number of para-hydroxylation sites is 4. The Hall–Kier alpha value is -8.94. The number of fused-ring (bicyclic) bond motifs is 8. The zero-order chi connectivity index (χ0) is 42.8. The molecule has 0 N–H and O–H groups in total. The Morgan fingerprint density at radius 1 is 0.308 bits per heavy atom. The van der Waals surface area contributed by atoms with E-state index in [1.807, 2.05) is 48.5 Å². The van der Waals surface area contributed by atoms with Gasteiger partial charge in [-0.3, -0.25) is 4.57 Å². The van der Waals surface area contributed by atoms with Crippen LogP contribution in [0.25, 0.3) is 123 Å². The number of hydrogen-bond acceptors (Lipinski definition) is 5. The minimum atomic E-state index is 0.549. The van der Waals surface area contributed by atoms with Gasteiger partial charge in [0.05, 0.1) is 22.1 Å². The van der Waals surface area contributed by atoms with Crippen molar-refractivity contribution in [1.82, 2.24) is 29.1 Å². The number of rotatable bonds is 7. The fraction of sp³-hybridized carbons (Fsp3) is 0. The van der Waals surface area contributed by atoms with Crippen molar-refractivity contribution in [3.8, 4) is 68.1 Å². The lowest BCUT2D eigenvalue weighted by Crippen LogP contribution is -2.07. The molecule has 0 fully saturated rings. The lowest BCUT2D eigenvalue weighted by atomic mass is 10.0. The van der Waals surface area contributed by atoms with Crippen molar-refractivity contribution in [2.45, 2.75) is 0 Å². The molecule has 304 valence electrons. The van der Waals surface area contributed by atoms with Crippen LogP contribution in [0.1, 0.15) is 0 Å². The monoisotopic (exact) mass is 832 g/mol. The van der Waals surface area contributed by atoms with Crippen LogP contribution in [0.4, 0.5) is 0 Å². The summed E-state index contributed by atoms with van der Waals surface area (Å²) in [6, 6.07) is 75.9. The Morgan fingerprint density at radius 3 is 1.37 bits per heavy atom. The maximum atomic E-state index is 6.06. The molecule has 13 aromatic rings. The molecule has 7 heteroatoms. The number of nitrogens with zero attached hydrogens (tertiary/aromatic N) is 6. The molecule has 13 rings (SSSR count). The second-order valence-corrected chi connectivity index (χ2v) is 16.3. The lowest BCUT2D eigenvalue weighted by Gasteiger charge is -2.14. The normalized spacial score (nSPS) is 11.7. The molecular formula is C58H36N6O. The van der Waals surface area contributed by atoms with Gasteiger partial charge in [0.25, 0.3) is 0 Å². The molecule has 0 bridgehead atoms. The highest BCUT2D eigenvalue weighted by Gasteiger charge is 2.23. The molecule has 0 amide bonds. The van der Waals surface area contributed by atoms with Crippen molar-refractivity contribution in [2.75, 3.05) is 0 Å². The average Bonchev–Trinajstić information content (AvgIpc) is 4.08. The lowest BCUT2D eigenvalue weighted by molar-refractivity contribution is 0.620. The second-order valence-electron chi connectivity index (χ2n) is 16.3. The van der Waals surface area contributed by atoms with Gasteiger partial charge in [-0.2, -0.15) is 9.97 Å². The van der Waals surface area contributed by atoms with Crippen molar-refractivity contribution in [3.05, 3.63) is 218 Å². The van der Waals surface area contributed by atoms with E-state index in [1.54, 1.807) is 0 Å². The van der Waals surface area contributed by atoms with Crippen LogP contribution in [-0.4, -0.2) is 29.1 Å². The van der Waals surface area contributed by atoms with E-state index >= 15 is 0 Å². The first-order valence-electron chi connectivity index (χ1n) is 21.7. The molecule has 0 unspecified atom stereocenters. The first-order valence-corrected chi connectivity index (χ1v) is 21.7. The van der Waals surface area contributed by atoms with E-state index in [-0.39, 0.29) is 0 Å². The van der Waals surface area contributed by atoms with Crippen LogP contribution in [0.5, 0.6) is 0 Å². The summed E-state index contributed by atoms with van der Waals surface area (Å²) >= 11 is 0. The molecular weight excluding hydrogens is 797 g/mol. The van der Waals surface area contributed by atoms with E-state index in [4.69, 9.17) is 24.4 Å². The molecule has 9 aromatic carbocycles. The van der Waals surface area contributed by atoms with Crippen LogP contribution in [0.15, 0.2) is 223 Å². The molecule has 0 saturated heterocycles. The highest BCUT2D eigenvalue weighted by Crippen LogP contribution is 2.42. The van der Waals surface area contributed by atoms with Gasteiger partial charge in [-0.1, -0.05) is 170 Å². The van der Waals surface area contributed by atoms with Crippen LogP contribution in [0.2, 0.25) is 0 Å². The third-order valence-electron chi connectivity index (χ3n) is 12.5. The molecule has 0 radical (unpaired) electrons. The number of oxazole rings is 1. The third-order valence-corrected chi connectivity index (χ3v) is 12.5. The topological polar surface area (TPSA) is 74.6 Å². The minimum absolute atomic E-state index is 0.549. The van der Waals surface area contributed by atoms with Crippen LogP contribution in [0.3, 0.4) is 0 Å². The highest BCUT2D eigenvalue weighted by atomic mass is 16.3. The molecule has 0 spiro atoms. The summed E-state index contributed by atoms with van der Waals surface area (Å²) in [5, 5.41) is 4.54. The van der Waals surface area contributed by atoms with Crippen molar-refractivity contribution in [2.24, 2.45) is 0 Å². The third kappa shape index (κ3) is 6.13. The van der Waals surface area contributed by atoms with Crippen molar-refractivity contribution < 1.29 is 4.42 Å². The van der Waals surface area contributed by atoms with Gasteiger partial charge in [-0.15, -0.1) is 0 Å². The molecule has 65 heavy (non-hydrogen) atoms. The summed E-state index contributed by atoms with van der Waals surface area (Å²) in [5.74, 6) is 2.37. The van der Waals surface area contributed by atoms with E-state index in [9.17, 15) is 0 Å². The average molecular weight is 833 g/mol. The Morgan fingerprint density at radius 2 is 0.754 bits per heavy atom. The SMILES string of the molecule is c1ccc(-c2ccc(-c3nc(-c4ccccc4)nc(-n4c5ccccc5c5ccc6c7ccccc7n(-c7ccc(-c8ccc(-c9nc%10ccccc%10o9)cc8)cc7)c6c54)n3)cc2)cc1. The van der Waals surface area contributed by atoms with Gasteiger partial charge in [0.2, 0.25) is 11.8 Å². The van der Waals surface area contributed by atoms with Crippen molar-refractivity contribution in [1.29, 1.82) is 0 Å². The Labute approximate surface area is 373 Å². The van der Waals surface area contributed by atoms with E-state index in [0.717, 1.165) is 94.0 Å². The van der Waals surface area contributed by atoms with Gasteiger partial charge in [0, 0.05) is 43.9 Å². The Balaban J connectivity index is 0.995. The molecule has 0 aliphatic rings. The maximum Gasteiger partial charge on any atom is 0.238 e. The summed E-state index contributed by atoms with van der Waals surface area (Å²) in [6.45, 7) is 0. The predicted octanol–water partition coefficient (Wildman–Crippen LogP) is 14.5. The number of benzene rings is 9. The standard InChI is InChI=1S/C58H36N6O/c1-3-13-37(14-4-1)38-23-27-42(28-24-38)56-60-55(41-15-5-2-6-16-41)61-58(62-56)64-51-21-11-8-18-46(51)48-36-35-47-45-17-7-10-20-50(45)63(53(47)54(48)64)44-33-31-40(32-34-44)39-25-29-43(30-26-39)57-59-49-19-9-12-22-52(49)65-57/h1-36H. The second kappa shape index (κ2) is 14.9. The molecule has 7 nitrogen and oxygen atoms in total. The summed E-state index contributed by atoms with van der Waals surface area (Å²) in [7, 11) is 0. The quantitative estimate of drug-likeness (QED) is 0.160. The van der Waals surface area contributed by atoms with E-state index in [1.165, 1.54) is 5.39 Å².